The van der Waals surface area contributed by atoms with Gasteiger partial charge >= 0.3 is 11.9 Å². The van der Waals surface area contributed by atoms with E-state index in [0.29, 0.717) is 11.5 Å². The second-order valence-electron chi connectivity index (χ2n) is 3.01. The normalized spacial score (nSPS) is 12.7. The number of halogens is 2. The van der Waals surface area contributed by atoms with E-state index in [1.807, 2.05) is 6.26 Å². The number of hydrogen-bond acceptors (Lipinski definition) is 8. The Morgan fingerprint density at radius 3 is 1.79 bits per heavy atom. The molecule has 0 spiro atoms. The average molecular weight is 353 g/mol. The summed E-state index contributed by atoms with van der Waals surface area (Å²) < 4.78 is 8.82. The third kappa shape index (κ3) is 10.6. The molecule has 0 amide bonds. The molecule has 0 aromatic heterocycles. The number of hydrogen-bond donors (Lipinski definition) is 3. The number of thiol groups is 1. The number of ether oxygens (including phenoxy) is 2. The minimum Gasteiger partial charge on any atom is -0.468 e. The van der Waals surface area contributed by atoms with E-state index in [9.17, 15) is 9.59 Å². The molecule has 6 nitrogen and oxygen atoms in total. The molecule has 0 saturated heterocycles. The van der Waals surface area contributed by atoms with E-state index in [4.69, 9.17) is 23.6 Å². The fraction of sp³-hybridized carbons (Fsp3) is 0.778. The van der Waals surface area contributed by atoms with E-state index in [1.165, 1.54) is 26.0 Å². The largest absolute Gasteiger partial charge is 0.468 e. The zero-order valence-corrected chi connectivity index (χ0v) is 14.0. The van der Waals surface area contributed by atoms with Crippen molar-refractivity contribution in [1.82, 2.24) is 9.67 Å². The van der Waals surface area contributed by atoms with Gasteiger partial charge in [-0.05, 0) is 29.8 Å². The van der Waals surface area contributed by atoms with E-state index in [2.05, 4.69) is 31.8 Å². The van der Waals surface area contributed by atoms with Crippen molar-refractivity contribution in [2.75, 3.05) is 32.0 Å². The summed E-state index contributed by atoms with van der Waals surface area (Å²) in [6, 6.07) is -0.915. The molecule has 0 aliphatic carbocycles. The van der Waals surface area contributed by atoms with Crippen molar-refractivity contribution in [2.24, 2.45) is 0 Å². The van der Waals surface area contributed by atoms with Gasteiger partial charge in [0.25, 0.3) is 0 Å². The minimum absolute atomic E-state index is 0.329. The first-order valence-corrected chi connectivity index (χ1v) is 7.78. The third-order valence-electron chi connectivity index (χ3n) is 1.75. The summed E-state index contributed by atoms with van der Waals surface area (Å²) in [7, 11) is 2.64. The fourth-order valence-corrected chi connectivity index (χ4v) is 2.07. The number of thioether (sulfide) groups is 1. The topological polar surface area (TPSA) is 76.7 Å². The summed E-state index contributed by atoms with van der Waals surface area (Å²) in [6.45, 7) is 0. The first-order chi connectivity index (χ1) is 9.01. The van der Waals surface area contributed by atoms with Crippen LogP contribution in [0.4, 0.5) is 0 Å². The lowest BCUT2D eigenvalue weighted by Crippen LogP contribution is -2.34. The zero-order chi connectivity index (χ0) is 15.3. The molecule has 0 radical (unpaired) electrons. The van der Waals surface area contributed by atoms with Crippen LogP contribution in [0.2, 0.25) is 0 Å². The van der Waals surface area contributed by atoms with Crippen molar-refractivity contribution in [3.05, 3.63) is 0 Å². The van der Waals surface area contributed by atoms with Gasteiger partial charge in [0.1, 0.15) is 12.1 Å². The maximum absolute atomic E-state index is 10.8. The molecule has 0 unspecified atom stereocenters. The Hall–Kier alpha value is 0.140. The van der Waals surface area contributed by atoms with Crippen LogP contribution < -0.4 is 9.67 Å². The second kappa shape index (κ2) is 14.5. The second-order valence-corrected chi connectivity index (χ2v) is 4.72. The van der Waals surface area contributed by atoms with Crippen molar-refractivity contribution in [3.63, 3.8) is 0 Å². The van der Waals surface area contributed by atoms with Crippen molar-refractivity contribution in [1.29, 1.82) is 0 Å². The summed E-state index contributed by atoms with van der Waals surface area (Å²) in [5.41, 5.74) is 0. The number of methoxy groups -OCH3 is 2. The molecule has 2 atom stereocenters. The Morgan fingerprint density at radius 2 is 1.58 bits per heavy atom. The van der Waals surface area contributed by atoms with Gasteiger partial charge in [0.15, 0.2) is 0 Å². The van der Waals surface area contributed by atoms with Crippen molar-refractivity contribution in [2.45, 2.75) is 12.1 Å². The van der Waals surface area contributed by atoms with Gasteiger partial charge in [-0.1, -0.05) is 0 Å². The van der Waals surface area contributed by atoms with Crippen LogP contribution in [0.3, 0.4) is 0 Å². The van der Waals surface area contributed by atoms with Gasteiger partial charge in [-0.3, -0.25) is 9.59 Å². The third-order valence-corrected chi connectivity index (χ3v) is 3.31. The average Bonchev–Trinajstić information content (AvgIpc) is 2.45. The number of rotatable bonds is 7. The Balaban J connectivity index is 0. The van der Waals surface area contributed by atoms with Crippen LogP contribution in [0.25, 0.3) is 0 Å². The van der Waals surface area contributed by atoms with Gasteiger partial charge in [0.2, 0.25) is 0 Å². The monoisotopic (exact) mass is 352 g/mol. The van der Waals surface area contributed by atoms with Crippen LogP contribution in [0.5, 0.6) is 0 Å². The van der Waals surface area contributed by atoms with E-state index >= 15 is 0 Å². The maximum atomic E-state index is 10.8. The molecule has 0 aromatic carbocycles. The highest BCUT2D eigenvalue weighted by atomic mass is 35.5. The van der Waals surface area contributed by atoms with Crippen molar-refractivity contribution < 1.29 is 19.1 Å². The highest BCUT2D eigenvalue weighted by molar-refractivity contribution is 7.98. The van der Waals surface area contributed by atoms with Crippen LogP contribution in [-0.2, 0) is 19.1 Å². The Bertz CT molecular complexity index is 258. The maximum Gasteiger partial charge on any atom is 0.324 e. The fourth-order valence-electron chi connectivity index (χ4n) is 0.749. The van der Waals surface area contributed by atoms with E-state index in [0.717, 1.165) is 0 Å². The highest BCUT2D eigenvalue weighted by Gasteiger charge is 2.16. The Kier molecular flexibility index (Phi) is 16.4. The van der Waals surface area contributed by atoms with Gasteiger partial charge in [0, 0.05) is 11.5 Å². The van der Waals surface area contributed by atoms with Gasteiger partial charge in [-0.25, -0.2) is 9.67 Å². The molecular formula is C9H18Cl2N2O4S2. The molecule has 10 heteroatoms. The summed E-state index contributed by atoms with van der Waals surface area (Å²) in [5, 5.41) is 0. The summed E-state index contributed by atoms with van der Waals surface area (Å²) >= 11 is 15.8. The van der Waals surface area contributed by atoms with E-state index in [-0.39, 0.29) is 5.97 Å². The predicted octanol–water partition coefficient (Wildman–Crippen LogP) is 0.836. The lowest BCUT2D eigenvalue weighted by molar-refractivity contribution is -0.142. The Labute approximate surface area is 132 Å². The number of esters is 2. The predicted molar refractivity (Wildman–Crippen MR) is 81.8 cm³/mol. The SMILES string of the molecule is COC(=O)[C@H](CS)NCl.COC(=O)[C@H](CSC)NCl. The molecule has 0 rings (SSSR count). The zero-order valence-electron chi connectivity index (χ0n) is 10.8. The highest BCUT2D eigenvalue weighted by Crippen LogP contribution is 1.99. The Morgan fingerprint density at radius 1 is 1.16 bits per heavy atom. The van der Waals surface area contributed by atoms with E-state index < -0.39 is 18.1 Å². The molecule has 19 heavy (non-hydrogen) atoms. The van der Waals surface area contributed by atoms with Gasteiger partial charge < -0.3 is 9.47 Å². The van der Waals surface area contributed by atoms with Crippen LogP contribution in [-0.4, -0.2) is 56.0 Å². The van der Waals surface area contributed by atoms with Crippen LogP contribution >= 0.6 is 47.9 Å². The standard InChI is InChI=1S/C5H10ClNO2S.C4H8ClNO2S/c1-9-5(8)4(7-6)3-10-2;1-8-4(7)3(2-9)6-5/h4,7H,3H2,1-2H3;3,6,9H,2H2,1H3/t4-;3-/m00/s1. The number of nitrogens with one attached hydrogen (secondary N) is 2. The van der Waals surface area contributed by atoms with Crippen LogP contribution in [0.15, 0.2) is 0 Å². The first-order valence-electron chi connectivity index (χ1n) is 5.00. The number of carbonyl (C=O) groups excluding carboxylic acids is 2. The van der Waals surface area contributed by atoms with Gasteiger partial charge in [-0.2, -0.15) is 24.4 Å². The lowest BCUT2D eigenvalue weighted by Gasteiger charge is -2.09. The lowest BCUT2D eigenvalue weighted by atomic mass is 10.4. The number of carbonyl (C=O) groups is 2. The first kappa shape index (κ1) is 21.4. The van der Waals surface area contributed by atoms with Crippen molar-refractivity contribution in [3.8, 4) is 0 Å². The van der Waals surface area contributed by atoms with Crippen LogP contribution in [0.1, 0.15) is 0 Å². The quantitative estimate of drug-likeness (QED) is 0.356. The van der Waals surface area contributed by atoms with E-state index in [1.54, 1.807) is 0 Å². The van der Waals surface area contributed by atoms with Crippen LogP contribution in [0, 0.1) is 0 Å². The van der Waals surface area contributed by atoms with Gasteiger partial charge in [0.05, 0.1) is 14.2 Å². The summed E-state index contributed by atoms with van der Waals surface area (Å²) in [4.78, 5) is 25.9. The van der Waals surface area contributed by atoms with Gasteiger partial charge in [-0.15, -0.1) is 0 Å². The molecule has 114 valence electrons. The molecule has 2 N–H and O–H groups in total. The van der Waals surface area contributed by atoms with Crippen molar-refractivity contribution >= 4 is 59.9 Å². The molecule has 0 fully saturated rings. The molecule has 0 aliphatic heterocycles. The molecule has 0 saturated carbocycles. The molecule has 0 heterocycles. The summed E-state index contributed by atoms with van der Waals surface area (Å²) in [5.74, 6) is 0.219. The smallest absolute Gasteiger partial charge is 0.324 e. The summed E-state index contributed by atoms with van der Waals surface area (Å²) in [6.07, 6.45) is 1.89. The molecular weight excluding hydrogens is 335 g/mol. The molecule has 0 aromatic rings. The molecule has 0 aliphatic rings. The minimum atomic E-state index is -0.514. The molecule has 0 bridgehead atoms.